The zero-order valence-electron chi connectivity index (χ0n) is 9.99. The van der Waals surface area contributed by atoms with Gasteiger partial charge in [0.2, 0.25) is 5.91 Å². The minimum absolute atomic E-state index is 0.0206. The summed E-state index contributed by atoms with van der Waals surface area (Å²) in [5.41, 5.74) is 1.02. The molecule has 1 aliphatic rings. The number of hydrogen-bond acceptors (Lipinski definition) is 3. The molecule has 0 bridgehead atoms. The number of likely N-dealkylation sites (N-methyl/N-ethyl adjacent to an activating group) is 1. The van der Waals surface area contributed by atoms with Crippen LogP contribution in [0.4, 0.5) is 0 Å². The first-order chi connectivity index (χ1) is 7.54. The van der Waals surface area contributed by atoms with E-state index >= 15 is 0 Å². The molecular formula is C12H18N2O2. The SMILES string of the molecule is CCNC1C=C(C)C=CN(CC(C)=O)C1=O. The number of rotatable bonds is 4. The summed E-state index contributed by atoms with van der Waals surface area (Å²) in [6, 6.07) is -0.334. The van der Waals surface area contributed by atoms with Gasteiger partial charge in [0.1, 0.15) is 11.8 Å². The molecule has 88 valence electrons. The third-order valence-electron chi connectivity index (χ3n) is 2.31. The van der Waals surface area contributed by atoms with Crippen LogP contribution < -0.4 is 5.32 Å². The van der Waals surface area contributed by atoms with Crippen molar-refractivity contribution in [1.29, 1.82) is 0 Å². The number of carbonyl (C=O) groups is 2. The van der Waals surface area contributed by atoms with E-state index in [2.05, 4.69) is 5.32 Å². The van der Waals surface area contributed by atoms with E-state index in [0.717, 1.165) is 5.57 Å². The monoisotopic (exact) mass is 222 g/mol. The first kappa shape index (κ1) is 12.6. The second-order valence-corrected chi connectivity index (χ2v) is 3.93. The van der Waals surface area contributed by atoms with Gasteiger partial charge in [-0.3, -0.25) is 9.59 Å². The van der Waals surface area contributed by atoms with Gasteiger partial charge in [0.15, 0.2) is 0 Å². The van der Waals surface area contributed by atoms with Gasteiger partial charge in [-0.2, -0.15) is 0 Å². The van der Waals surface area contributed by atoms with E-state index in [1.165, 1.54) is 11.8 Å². The van der Waals surface area contributed by atoms with Crippen LogP contribution in [0.15, 0.2) is 23.9 Å². The summed E-state index contributed by atoms with van der Waals surface area (Å²) in [7, 11) is 0. The molecule has 4 heteroatoms. The first-order valence-electron chi connectivity index (χ1n) is 5.44. The van der Waals surface area contributed by atoms with Crippen LogP contribution in [0.3, 0.4) is 0 Å². The summed E-state index contributed by atoms with van der Waals surface area (Å²) in [4.78, 5) is 24.5. The average molecular weight is 222 g/mol. The van der Waals surface area contributed by atoms with Crippen molar-refractivity contribution < 1.29 is 9.59 Å². The van der Waals surface area contributed by atoms with E-state index in [0.29, 0.717) is 6.54 Å². The van der Waals surface area contributed by atoms with Crippen molar-refractivity contribution in [2.45, 2.75) is 26.8 Å². The lowest BCUT2D eigenvalue weighted by atomic mass is 10.2. The number of carbonyl (C=O) groups excluding carboxylic acids is 2. The lowest BCUT2D eigenvalue weighted by molar-refractivity contribution is -0.133. The molecule has 0 saturated heterocycles. The van der Waals surface area contributed by atoms with Gasteiger partial charge in [-0.05, 0) is 26.5 Å². The van der Waals surface area contributed by atoms with E-state index in [1.807, 2.05) is 26.0 Å². The maximum Gasteiger partial charge on any atom is 0.248 e. The fourth-order valence-corrected chi connectivity index (χ4v) is 1.59. The van der Waals surface area contributed by atoms with Crippen LogP contribution in [0.25, 0.3) is 0 Å². The Bertz CT molecular complexity index is 345. The summed E-state index contributed by atoms with van der Waals surface area (Å²) in [5.74, 6) is -0.0991. The number of nitrogens with one attached hydrogen (secondary N) is 1. The predicted molar refractivity (Wildman–Crippen MR) is 62.8 cm³/mol. The number of hydrogen-bond donors (Lipinski definition) is 1. The molecule has 1 rings (SSSR count). The van der Waals surface area contributed by atoms with Crippen molar-refractivity contribution in [2.75, 3.05) is 13.1 Å². The highest BCUT2D eigenvalue weighted by atomic mass is 16.2. The molecule has 0 radical (unpaired) electrons. The summed E-state index contributed by atoms with van der Waals surface area (Å²) < 4.78 is 0. The van der Waals surface area contributed by atoms with Gasteiger partial charge in [0.05, 0.1) is 6.54 Å². The molecule has 0 spiro atoms. The largest absolute Gasteiger partial charge is 0.310 e. The van der Waals surface area contributed by atoms with Crippen molar-refractivity contribution in [1.82, 2.24) is 10.2 Å². The number of allylic oxidation sites excluding steroid dienone is 2. The third kappa shape index (κ3) is 3.31. The highest BCUT2D eigenvalue weighted by Crippen LogP contribution is 2.09. The lowest BCUT2D eigenvalue weighted by Gasteiger charge is -2.20. The molecule has 0 fully saturated rings. The first-order valence-corrected chi connectivity index (χ1v) is 5.44. The molecule has 1 amide bonds. The Morgan fingerprint density at radius 3 is 2.81 bits per heavy atom. The van der Waals surface area contributed by atoms with Crippen LogP contribution in [0.1, 0.15) is 20.8 Å². The highest BCUT2D eigenvalue weighted by molar-refractivity contribution is 5.90. The van der Waals surface area contributed by atoms with Gasteiger partial charge in [0.25, 0.3) is 0 Å². The number of nitrogens with zero attached hydrogens (tertiary/aromatic N) is 1. The summed E-state index contributed by atoms with van der Waals surface area (Å²) >= 11 is 0. The van der Waals surface area contributed by atoms with E-state index in [4.69, 9.17) is 0 Å². The molecule has 0 aromatic rings. The van der Waals surface area contributed by atoms with E-state index < -0.39 is 0 Å². The normalized spacial score (nSPS) is 20.7. The summed E-state index contributed by atoms with van der Waals surface area (Å²) in [6.07, 6.45) is 5.40. The second kappa shape index (κ2) is 5.61. The number of Topliss-reactive ketones (excluding diaryl/α,β-unsaturated/α-hetero) is 1. The standard InChI is InChI=1S/C12H18N2O2/c1-4-13-11-7-9(2)5-6-14(12(11)16)8-10(3)15/h5-7,11,13H,4,8H2,1-3H3. The third-order valence-corrected chi connectivity index (χ3v) is 2.31. The van der Waals surface area contributed by atoms with Gasteiger partial charge in [-0.25, -0.2) is 0 Å². The Balaban J connectivity index is 2.85. The Morgan fingerprint density at radius 1 is 1.56 bits per heavy atom. The molecule has 1 aliphatic heterocycles. The quantitative estimate of drug-likeness (QED) is 0.767. The molecule has 0 aromatic heterocycles. The smallest absolute Gasteiger partial charge is 0.248 e. The zero-order valence-corrected chi connectivity index (χ0v) is 9.99. The molecule has 1 N–H and O–H groups in total. The van der Waals surface area contributed by atoms with E-state index in [9.17, 15) is 9.59 Å². The fraction of sp³-hybridized carbons (Fsp3) is 0.500. The molecule has 0 saturated carbocycles. The number of amides is 1. The van der Waals surface area contributed by atoms with Crippen LogP contribution >= 0.6 is 0 Å². The molecule has 0 aromatic carbocycles. The maximum absolute atomic E-state index is 12.0. The topological polar surface area (TPSA) is 49.4 Å². The Hall–Kier alpha value is -1.42. The van der Waals surface area contributed by atoms with Crippen molar-refractivity contribution >= 4 is 11.7 Å². The van der Waals surface area contributed by atoms with Gasteiger partial charge in [0, 0.05) is 6.20 Å². The Labute approximate surface area is 96.0 Å². The molecule has 1 unspecified atom stereocenters. The second-order valence-electron chi connectivity index (χ2n) is 3.93. The summed E-state index contributed by atoms with van der Waals surface area (Å²) in [6.45, 7) is 6.22. The van der Waals surface area contributed by atoms with Crippen LogP contribution in [-0.4, -0.2) is 35.7 Å². The van der Waals surface area contributed by atoms with Crippen LogP contribution in [0.5, 0.6) is 0 Å². The Kier molecular flexibility index (Phi) is 4.43. The average Bonchev–Trinajstić information content (AvgIpc) is 2.32. The lowest BCUT2D eigenvalue weighted by Crippen LogP contribution is -2.44. The molecular weight excluding hydrogens is 204 g/mol. The zero-order chi connectivity index (χ0) is 12.1. The van der Waals surface area contributed by atoms with Crippen LogP contribution in [-0.2, 0) is 9.59 Å². The number of ketones is 1. The molecule has 1 atom stereocenters. The highest BCUT2D eigenvalue weighted by Gasteiger charge is 2.22. The minimum atomic E-state index is -0.334. The summed E-state index contributed by atoms with van der Waals surface area (Å²) in [5, 5.41) is 3.09. The molecule has 4 nitrogen and oxygen atoms in total. The minimum Gasteiger partial charge on any atom is -0.310 e. The Morgan fingerprint density at radius 2 is 2.25 bits per heavy atom. The molecule has 1 heterocycles. The van der Waals surface area contributed by atoms with Crippen molar-refractivity contribution in [2.24, 2.45) is 0 Å². The van der Waals surface area contributed by atoms with Crippen molar-refractivity contribution in [3.63, 3.8) is 0 Å². The van der Waals surface area contributed by atoms with Crippen LogP contribution in [0.2, 0.25) is 0 Å². The van der Waals surface area contributed by atoms with E-state index in [1.54, 1.807) is 6.20 Å². The van der Waals surface area contributed by atoms with Gasteiger partial charge >= 0.3 is 0 Å². The van der Waals surface area contributed by atoms with Gasteiger partial charge < -0.3 is 10.2 Å². The predicted octanol–water partition coefficient (Wildman–Crippen LogP) is 0.856. The fourth-order valence-electron chi connectivity index (χ4n) is 1.59. The van der Waals surface area contributed by atoms with E-state index in [-0.39, 0.29) is 24.3 Å². The van der Waals surface area contributed by atoms with Gasteiger partial charge in [-0.1, -0.05) is 18.6 Å². The van der Waals surface area contributed by atoms with Crippen molar-refractivity contribution in [3.8, 4) is 0 Å². The van der Waals surface area contributed by atoms with Crippen molar-refractivity contribution in [3.05, 3.63) is 23.9 Å². The maximum atomic E-state index is 12.0. The van der Waals surface area contributed by atoms with Crippen LogP contribution in [0, 0.1) is 0 Å². The molecule has 0 aliphatic carbocycles. The van der Waals surface area contributed by atoms with Gasteiger partial charge in [-0.15, -0.1) is 0 Å². The molecule has 16 heavy (non-hydrogen) atoms.